The van der Waals surface area contributed by atoms with Gasteiger partial charge in [-0.3, -0.25) is 0 Å². The minimum absolute atomic E-state index is 0.166. The largest absolute Gasteiger partial charge is 0.507 e. The number of rotatable bonds is 1. The summed E-state index contributed by atoms with van der Waals surface area (Å²) >= 11 is 0. The van der Waals surface area contributed by atoms with Crippen molar-refractivity contribution in [3.05, 3.63) is 35.4 Å². The molecule has 1 aliphatic rings. The van der Waals surface area contributed by atoms with E-state index in [0.717, 1.165) is 24.8 Å². The van der Waals surface area contributed by atoms with Gasteiger partial charge in [-0.05, 0) is 43.9 Å². The molecule has 1 aromatic rings. The fraction of sp³-hybridized carbons (Fsp3) is 0.385. The number of benzene rings is 1. The molecule has 0 bridgehead atoms. The second-order valence-corrected chi connectivity index (χ2v) is 4.18. The fourth-order valence-corrected chi connectivity index (χ4v) is 2.19. The third-order valence-electron chi connectivity index (χ3n) is 2.91. The Morgan fingerprint density at radius 1 is 1.20 bits per heavy atom. The zero-order valence-electron chi connectivity index (χ0n) is 8.90. The Morgan fingerprint density at radius 3 is 2.40 bits per heavy atom. The van der Waals surface area contributed by atoms with Gasteiger partial charge < -0.3 is 10.2 Å². The lowest BCUT2D eigenvalue weighted by atomic mass is 9.87. The Kier molecular flexibility index (Phi) is 2.67. The van der Waals surface area contributed by atoms with Crippen molar-refractivity contribution in [2.45, 2.75) is 32.1 Å². The highest BCUT2D eigenvalue weighted by Crippen LogP contribution is 2.39. The monoisotopic (exact) mass is 204 g/mol. The standard InChI is InChI=1S/C13H16O2/c1-9-7-11(14)13(12(15)8-9)10-5-3-2-4-6-10/h3,5,7-8,10,14-15H,2,4,6H2,1H3. The highest BCUT2D eigenvalue weighted by Gasteiger charge is 2.18. The molecular weight excluding hydrogens is 188 g/mol. The molecule has 2 nitrogen and oxygen atoms in total. The topological polar surface area (TPSA) is 40.5 Å². The van der Waals surface area contributed by atoms with E-state index in [2.05, 4.69) is 12.2 Å². The Labute approximate surface area is 89.9 Å². The molecule has 0 fully saturated rings. The van der Waals surface area contributed by atoms with Crippen LogP contribution in [0.1, 0.15) is 36.3 Å². The Morgan fingerprint density at radius 2 is 1.87 bits per heavy atom. The minimum Gasteiger partial charge on any atom is -0.507 e. The Bertz CT molecular complexity index is 371. The molecular formula is C13H16O2. The van der Waals surface area contributed by atoms with Crippen LogP contribution in [0.5, 0.6) is 11.5 Å². The van der Waals surface area contributed by atoms with Crippen molar-refractivity contribution in [1.82, 2.24) is 0 Å². The molecule has 0 amide bonds. The van der Waals surface area contributed by atoms with E-state index in [0.29, 0.717) is 5.56 Å². The van der Waals surface area contributed by atoms with Crippen LogP contribution in [0.25, 0.3) is 0 Å². The quantitative estimate of drug-likeness (QED) is 0.689. The number of aryl methyl sites for hydroxylation is 1. The van der Waals surface area contributed by atoms with E-state index in [1.54, 1.807) is 12.1 Å². The number of allylic oxidation sites excluding steroid dienone is 2. The summed E-state index contributed by atoms with van der Waals surface area (Å²) in [5, 5.41) is 19.7. The average molecular weight is 204 g/mol. The first-order chi connectivity index (χ1) is 7.18. The fourth-order valence-electron chi connectivity index (χ4n) is 2.19. The maximum Gasteiger partial charge on any atom is 0.123 e. The Hall–Kier alpha value is -1.44. The summed E-state index contributed by atoms with van der Waals surface area (Å²) in [5.74, 6) is 0.590. The van der Waals surface area contributed by atoms with Crippen LogP contribution in [-0.2, 0) is 0 Å². The molecule has 0 aliphatic heterocycles. The second-order valence-electron chi connectivity index (χ2n) is 4.18. The summed E-state index contributed by atoms with van der Waals surface area (Å²) < 4.78 is 0. The highest BCUT2D eigenvalue weighted by atomic mass is 16.3. The number of hydrogen-bond acceptors (Lipinski definition) is 2. The van der Waals surface area contributed by atoms with Crippen LogP contribution < -0.4 is 0 Å². The van der Waals surface area contributed by atoms with Crippen LogP contribution in [0.15, 0.2) is 24.3 Å². The summed E-state index contributed by atoms with van der Waals surface area (Å²) in [6.45, 7) is 1.86. The number of phenolic OH excluding ortho intramolecular Hbond substituents is 2. The van der Waals surface area contributed by atoms with Crippen molar-refractivity contribution in [3.8, 4) is 11.5 Å². The lowest BCUT2D eigenvalue weighted by Gasteiger charge is -2.19. The first-order valence-corrected chi connectivity index (χ1v) is 5.37. The smallest absolute Gasteiger partial charge is 0.123 e. The van der Waals surface area contributed by atoms with Crippen LogP contribution in [0.2, 0.25) is 0 Å². The summed E-state index contributed by atoms with van der Waals surface area (Å²) in [4.78, 5) is 0. The molecule has 2 rings (SSSR count). The normalized spacial score (nSPS) is 20.5. The van der Waals surface area contributed by atoms with E-state index >= 15 is 0 Å². The maximum absolute atomic E-state index is 9.83. The van der Waals surface area contributed by atoms with Crippen molar-refractivity contribution in [1.29, 1.82) is 0 Å². The zero-order valence-corrected chi connectivity index (χ0v) is 8.90. The highest BCUT2D eigenvalue weighted by molar-refractivity contribution is 5.49. The molecule has 1 aliphatic carbocycles. The number of hydrogen-bond donors (Lipinski definition) is 2. The van der Waals surface area contributed by atoms with Gasteiger partial charge in [-0.1, -0.05) is 12.2 Å². The summed E-state index contributed by atoms with van der Waals surface area (Å²) in [5.41, 5.74) is 1.56. The van der Waals surface area contributed by atoms with Gasteiger partial charge in [-0.15, -0.1) is 0 Å². The van der Waals surface area contributed by atoms with Crippen LogP contribution in [0, 0.1) is 6.92 Å². The van der Waals surface area contributed by atoms with E-state index < -0.39 is 0 Å². The third-order valence-corrected chi connectivity index (χ3v) is 2.91. The lowest BCUT2D eigenvalue weighted by molar-refractivity contribution is 0.429. The first-order valence-electron chi connectivity index (χ1n) is 5.37. The van der Waals surface area contributed by atoms with Crippen LogP contribution in [0.3, 0.4) is 0 Å². The van der Waals surface area contributed by atoms with Gasteiger partial charge in [0.05, 0.1) is 0 Å². The van der Waals surface area contributed by atoms with Gasteiger partial charge in [0.15, 0.2) is 0 Å². The predicted octanol–water partition coefficient (Wildman–Crippen LogP) is 3.23. The summed E-state index contributed by atoms with van der Waals surface area (Å²) in [6, 6.07) is 3.41. The molecule has 0 spiro atoms. The third kappa shape index (κ3) is 1.99. The van der Waals surface area contributed by atoms with Crippen LogP contribution >= 0.6 is 0 Å². The van der Waals surface area contributed by atoms with E-state index in [9.17, 15) is 10.2 Å². The van der Waals surface area contributed by atoms with Crippen molar-refractivity contribution in [3.63, 3.8) is 0 Å². The van der Waals surface area contributed by atoms with E-state index in [1.165, 1.54) is 0 Å². The van der Waals surface area contributed by atoms with Gasteiger partial charge in [0.2, 0.25) is 0 Å². The van der Waals surface area contributed by atoms with E-state index in [4.69, 9.17) is 0 Å². The molecule has 0 radical (unpaired) electrons. The van der Waals surface area contributed by atoms with Crippen LogP contribution in [0.4, 0.5) is 0 Å². The van der Waals surface area contributed by atoms with Gasteiger partial charge >= 0.3 is 0 Å². The summed E-state index contributed by atoms with van der Waals surface area (Å²) in [6.07, 6.45) is 7.42. The van der Waals surface area contributed by atoms with Gasteiger partial charge in [0, 0.05) is 11.5 Å². The van der Waals surface area contributed by atoms with E-state index in [1.807, 2.05) is 6.92 Å². The van der Waals surface area contributed by atoms with Crippen molar-refractivity contribution >= 4 is 0 Å². The predicted molar refractivity (Wildman–Crippen MR) is 60.2 cm³/mol. The van der Waals surface area contributed by atoms with Gasteiger partial charge in [-0.2, -0.15) is 0 Å². The van der Waals surface area contributed by atoms with Crippen molar-refractivity contribution < 1.29 is 10.2 Å². The average Bonchev–Trinajstić information content (AvgIpc) is 2.17. The summed E-state index contributed by atoms with van der Waals surface area (Å²) in [7, 11) is 0. The van der Waals surface area contributed by atoms with Gasteiger partial charge in [0.25, 0.3) is 0 Å². The lowest BCUT2D eigenvalue weighted by Crippen LogP contribution is -2.00. The molecule has 0 saturated heterocycles. The minimum atomic E-state index is 0.166. The number of aromatic hydroxyl groups is 2. The number of phenols is 2. The molecule has 0 aromatic heterocycles. The molecule has 2 heteroatoms. The molecule has 15 heavy (non-hydrogen) atoms. The molecule has 2 N–H and O–H groups in total. The van der Waals surface area contributed by atoms with Crippen LogP contribution in [-0.4, -0.2) is 10.2 Å². The van der Waals surface area contributed by atoms with Crippen molar-refractivity contribution in [2.24, 2.45) is 0 Å². The zero-order chi connectivity index (χ0) is 10.8. The molecule has 1 aromatic carbocycles. The van der Waals surface area contributed by atoms with E-state index in [-0.39, 0.29) is 17.4 Å². The molecule has 0 saturated carbocycles. The molecule has 1 unspecified atom stereocenters. The first kappa shape index (κ1) is 10.1. The molecule has 1 atom stereocenters. The van der Waals surface area contributed by atoms with Gasteiger partial charge in [0.1, 0.15) is 11.5 Å². The Balaban J connectivity index is 2.42. The molecule has 80 valence electrons. The molecule has 0 heterocycles. The second kappa shape index (κ2) is 3.97. The maximum atomic E-state index is 9.83. The van der Waals surface area contributed by atoms with Crippen molar-refractivity contribution in [2.75, 3.05) is 0 Å². The SMILES string of the molecule is Cc1cc(O)c(C2C=CCCC2)c(O)c1. The van der Waals surface area contributed by atoms with Gasteiger partial charge in [-0.25, -0.2) is 0 Å².